The second-order valence-corrected chi connectivity index (χ2v) is 6.02. The maximum absolute atomic E-state index is 6.11. The highest BCUT2D eigenvalue weighted by Crippen LogP contribution is 2.36. The molecule has 0 aromatic carbocycles. The van der Waals surface area contributed by atoms with E-state index < -0.39 is 0 Å². The predicted molar refractivity (Wildman–Crippen MR) is 74.5 cm³/mol. The third-order valence-electron chi connectivity index (χ3n) is 4.26. The number of aromatic nitrogens is 1. The summed E-state index contributed by atoms with van der Waals surface area (Å²) in [6, 6.07) is 2.01. The van der Waals surface area contributed by atoms with Crippen LogP contribution in [0.1, 0.15) is 37.6 Å². The minimum atomic E-state index is -0.00311. The molecule has 1 aromatic heterocycles. The Labute approximate surface area is 120 Å². The van der Waals surface area contributed by atoms with Crippen molar-refractivity contribution in [3.8, 4) is 0 Å². The van der Waals surface area contributed by atoms with E-state index in [4.69, 9.17) is 14.0 Å². The number of hydrogen-bond donors (Lipinski definition) is 0. The highest BCUT2D eigenvalue weighted by Gasteiger charge is 2.43. The van der Waals surface area contributed by atoms with Crippen LogP contribution in [0.15, 0.2) is 10.6 Å². The third-order valence-corrected chi connectivity index (χ3v) is 4.26. The molecule has 0 radical (unpaired) electrons. The van der Waals surface area contributed by atoms with Crippen molar-refractivity contribution in [3.05, 3.63) is 17.5 Å². The van der Waals surface area contributed by atoms with E-state index in [1.54, 1.807) is 0 Å². The van der Waals surface area contributed by atoms with Crippen molar-refractivity contribution in [3.63, 3.8) is 0 Å². The van der Waals surface area contributed by atoms with E-state index in [1.165, 1.54) is 6.42 Å². The minimum absolute atomic E-state index is 0.00311. The van der Waals surface area contributed by atoms with Crippen molar-refractivity contribution in [2.75, 3.05) is 26.3 Å². The van der Waals surface area contributed by atoms with Gasteiger partial charge >= 0.3 is 0 Å². The average Bonchev–Trinajstić information content (AvgIpc) is 2.98. The van der Waals surface area contributed by atoms with Gasteiger partial charge in [0.05, 0.1) is 24.0 Å². The third kappa shape index (κ3) is 3.05. The molecule has 112 valence electrons. The highest BCUT2D eigenvalue weighted by atomic mass is 16.6. The van der Waals surface area contributed by atoms with Gasteiger partial charge in [0.1, 0.15) is 5.76 Å². The van der Waals surface area contributed by atoms with Crippen molar-refractivity contribution >= 4 is 0 Å². The summed E-state index contributed by atoms with van der Waals surface area (Å²) in [6.45, 7) is 8.42. The molecule has 2 saturated heterocycles. The van der Waals surface area contributed by atoms with Crippen molar-refractivity contribution in [2.24, 2.45) is 0 Å². The van der Waals surface area contributed by atoms with E-state index >= 15 is 0 Å². The van der Waals surface area contributed by atoms with Crippen LogP contribution in [0.5, 0.6) is 0 Å². The van der Waals surface area contributed by atoms with Gasteiger partial charge in [-0.25, -0.2) is 0 Å². The Balaban J connectivity index is 1.59. The van der Waals surface area contributed by atoms with Crippen molar-refractivity contribution in [2.45, 2.75) is 51.4 Å². The lowest BCUT2D eigenvalue weighted by Crippen LogP contribution is -2.47. The fourth-order valence-electron chi connectivity index (χ4n) is 3.48. The first kappa shape index (κ1) is 14.0. The van der Waals surface area contributed by atoms with E-state index in [1.807, 2.05) is 19.9 Å². The van der Waals surface area contributed by atoms with Gasteiger partial charge in [-0.2, -0.15) is 0 Å². The molecule has 0 N–H and O–H groups in total. The zero-order valence-corrected chi connectivity index (χ0v) is 12.4. The molecule has 2 atom stereocenters. The predicted octanol–water partition coefficient (Wildman–Crippen LogP) is 2.14. The van der Waals surface area contributed by atoms with Gasteiger partial charge in [0.2, 0.25) is 0 Å². The summed E-state index contributed by atoms with van der Waals surface area (Å²) < 4.78 is 17.0. The lowest BCUT2D eigenvalue weighted by atomic mass is 9.89. The van der Waals surface area contributed by atoms with Crippen LogP contribution in [0.2, 0.25) is 0 Å². The lowest BCUT2D eigenvalue weighted by Gasteiger charge is -2.39. The number of rotatable bonds is 4. The van der Waals surface area contributed by atoms with Crippen LogP contribution in [0, 0.1) is 6.92 Å². The van der Waals surface area contributed by atoms with E-state index in [0.717, 1.165) is 57.1 Å². The van der Waals surface area contributed by atoms with E-state index in [-0.39, 0.29) is 11.7 Å². The van der Waals surface area contributed by atoms with Crippen molar-refractivity contribution in [1.29, 1.82) is 0 Å². The molecule has 1 spiro atoms. The normalized spacial score (nSPS) is 31.2. The van der Waals surface area contributed by atoms with Gasteiger partial charge in [0, 0.05) is 32.2 Å². The standard InChI is InChI=1S/C15H24N2O3/c1-3-18-14-8-15(19-10-14)5-4-6-17(11-15)9-13-7-12(2)20-16-13/h7,14H,3-6,8-11H2,1-2H3/t14-,15-/m0/s1. The van der Waals surface area contributed by atoms with Gasteiger partial charge in [-0.3, -0.25) is 4.90 Å². The van der Waals surface area contributed by atoms with E-state index in [9.17, 15) is 0 Å². The second kappa shape index (κ2) is 5.84. The first-order valence-electron chi connectivity index (χ1n) is 7.59. The summed E-state index contributed by atoms with van der Waals surface area (Å²) in [7, 11) is 0. The molecular weight excluding hydrogens is 256 g/mol. The van der Waals surface area contributed by atoms with Crippen LogP contribution in [0.25, 0.3) is 0 Å². The Morgan fingerprint density at radius 3 is 3.20 bits per heavy atom. The van der Waals surface area contributed by atoms with Gasteiger partial charge in [0.15, 0.2) is 0 Å². The quantitative estimate of drug-likeness (QED) is 0.845. The van der Waals surface area contributed by atoms with Crippen LogP contribution in [-0.4, -0.2) is 48.1 Å². The molecule has 20 heavy (non-hydrogen) atoms. The molecule has 0 aliphatic carbocycles. The summed E-state index contributed by atoms with van der Waals surface area (Å²) in [4.78, 5) is 2.43. The molecule has 2 fully saturated rings. The van der Waals surface area contributed by atoms with Crippen LogP contribution in [-0.2, 0) is 16.0 Å². The summed E-state index contributed by atoms with van der Waals surface area (Å²) in [6.07, 6.45) is 3.62. The smallest absolute Gasteiger partial charge is 0.133 e. The Bertz CT molecular complexity index is 448. The van der Waals surface area contributed by atoms with E-state index in [2.05, 4.69) is 10.1 Å². The SMILES string of the molecule is CCO[C@@H]1CO[C@@]2(CCCN(Cc3cc(C)on3)C2)C1. The Morgan fingerprint density at radius 1 is 1.55 bits per heavy atom. The number of ether oxygens (including phenoxy) is 2. The fourth-order valence-corrected chi connectivity index (χ4v) is 3.48. The van der Waals surface area contributed by atoms with Crippen LogP contribution in [0.4, 0.5) is 0 Å². The molecule has 0 unspecified atom stereocenters. The van der Waals surface area contributed by atoms with Gasteiger partial charge in [-0.15, -0.1) is 0 Å². The summed E-state index contributed by atoms with van der Waals surface area (Å²) in [5.41, 5.74) is 1.01. The monoisotopic (exact) mass is 280 g/mol. The number of hydrogen-bond acceptors (Lipinski definition) is 5. The number of nitrogens with zero attached hydrogens (tertiary/aromatic N) is 2. The van der Waals surface area contributed by atoms with Crippen molar-refractivity contribution < 1.29 is 14.0 Å². The molecule has 3 rings (SSSR count). The number of aryl methyl sites for hydroxylation is 1. The summed E-state index contributed by atoms with van der Waals surface area (Å²) >= 11 is 0. The minimum Gasteiger partial charge on any atom is -0.376 e. The summed E-state index contributed by atoms with van der Waals surface area (Å²) in [5, 5.41) is 4.09. The van der Waals surface area contributed by atoms with Crippen molar-refractivity contribution in [1.82, 2.24) is 10.1 Å². The average molecular weight is 280 g/mol. The molecular formula is C15H24N2O3. The van der Waals surface area contributed by atoms with Crippen LogP contribution < -0.4 is 0 Å². The van der Waals surface area contributed by atoms with E-state index in [0.29, 0.717) is 0 Å². The zero-order chi connectivity index (χ0) is 14.0. The van der Waals surface area contributed by atoms with Gasteiger partial charge < -0.3 is 14.0 Å². The Kier molecular flexibility index (Phi) is 4.10. The number of likely N-dealkylation sites (tertiary alicyclic amines) is 1. The number of piperidine rings is 1. The first-order valence-corrected chi connectivity index (χ1v) is 7.59. The van der Waals surface area contributed by atoms with Gasteiger partial charge in [-0.1, -0.05) is 5.16 Å². The van der Waals surface area contributed by atoms with Gasteiger partial charge in [0.25, 0.3) is 0 Å². The zero-order valence-electron chi connectivity index (χ0n) is 12.4. The molecule has 2 aliphatic heterocycles. The fraction of sp³-hybridized carbons (Fsp3) is 0.800. The first-order chi connectivity index (χ1) is 9.69. The molecule has 3 heterocycles. The molecule has 5 nitrogen and oxygen atoms in total. The topological polar surface area (TPSA) is 47.7 Å². The summed E-state index contributed by atoms with van der Waals surface area (Å²) in [5.74, 6) is 0.875. The molecule has 0 bridgehead atoms. The van der Waals surface area contributed by atoms with Crippen LogP contribution >= 0.6 is 0 Å². The maximum atomic E-state index is 6.11. The molecule has 0 amide bonds. The molecule has 2 aliphatic rings. The molecule has 1 aromatic rings. The maximum Gasteiger partial charge on any atom is 0.133 e. The highest BCUT2D eigenvalue weighted by molar-refractivity contribution is 5.04. The largest absolute Gasteiger partial charge is 0.376 e. The lowest BCUT2D eigenvalue weighted by molar-refractivity contribution is -0.0549. The molecule has 5 heteroatoms. The molecule has 0 saturated carbocycles. The van der Waals surface area contributed by atoms with Crippen LogP contribution in [0.3, 0.4) is 0 Å². The Morgan fingerprint density at radius 2 is 2.45 bits per heavy atom. The Hall–Kier alpha value is -0.910. The van der Waals surface area contributed by atoms with Gasteiger partial charge in [-0.05, 0) is 33.2 Å². The second-order valence-electron chi connectivity index (χ2n) is 6.02.